The molecule has 3 rings (SSSR count). The van der Waals surface area contributed by atoms with Crippen molar-refractivity contribution in [2.75, 3.05) is 6.61 Å². The van der Waals surface area contributed by atoms with Crippen LogP contribution < -0.4 is 0 Å². The average Bonchev–Trinajstić information content (AvgIpc) is 2.98. The molecular weight excluding hydrogens is 214 g/mol. The van der Waals surface area contributed by atoms with E-state index >= 15 is 0 Å². The topological polar surface area (TPSA) is 39.4 Å². The first kappa shape index (κ1) is 10.1. The van der Waals surface area contributed by atoms with E-state index in [2.05, 4.69) is 10.1 Å². The van der Waals surface area contributed by atoms with Gasteiger partial charge in [-0.1, -0.05) is 18.2 Å². The molecule has 0 saturated carbocycles. The van der Waals surface area contributed by atoms with Crippen molar-refractivity contribution in [3.05, 3.63) is 53.9 Å². The fourth-order valence-electron chi connectivity index (χ4n) is 1.92. The Morgan fingerprint density at radius 2 is 2.06 bits per heavy atom. The predicted octanol–water partition coefficient (Wildman–Crippen LogP) is 2.17. The quantitative estimate of drug-likeness (QED) is 0.788. The fourth-order valence-corrected chi connectivity index (χ4v) is 1.92. The van der Waals surface area contributed by atoms with Gasteiger partial charge in [0.15, 0.2) is 6.17 Å². The van der Waals surface area contributed by atoms with Gasteiger partial charge in [-0.05, 0) is 25.1 Å². The predicted molar refractivity (Wildman–Crippen MR) is 64.9 cm³/mol. The lowest BCUT2D eigenvalue weighted by Crippen LogP contribution is -2.10. The Kier molecular flexibility index (Phi) is 2.40. The Morgan fingerprint density at radius 1 is 1.24 bits per heavy atom. The summed E-state index contributed by atoms with van der Waals surface area (Å²) >= 11 is 0. The van der Waals surface area contributed by atoms with Gasteiger partial charge in [-0.15, -0.1) is 0 Å². The van der Waals surface area contributed by atoms with Gasteiger partial charge in [0.2, 0.25) is 5.90 Å². The first-order valence-electron chi connectivity index (χ1n) is 5.61. The van der Waals surface area contributed by atoms with Crippen LogP contribution in [-0.4, -0.2) is 22.3 Å². The Morgan fingerprint density at radius 3 is 2.76 bits per heavy atom. The van der Waals surface area contributed by atoms with Gasteiger partial charge < -0.3 is 4.74 Å². The standard InChI is InChI=1S/C13H13N3O/c1-10-7-8-14-16(10)12-9-17-13(15-12)11-5-3-2-4-6-11/h2-8,12H,9H2,1H3. The largest absolute Gasteiger partial charge is 0.473 e. The summed E-state index contributed by atoms with van der Waals surface area (Å²) in [6.45, 7) is 2.57. The third-order valence-electron chi connectivity index (χ3n) is 2.81. The van der Waals surface area contributed by atoms with E-state index in [1.807, 2.05) is 48.0 Å². The van der Waals surface area contributed by atoms with Gasteiger partial charge in [0, 0.05) is 17.5 Å². The summed E-state index contributed by atoms with van der Waals surface area (Å²) in [5.41, 5.74) is 2.11. The number of aryl methyl sites for hydroxylation is 1. The molecule has 0 spiro atoms. The highest BCUT2D eigenvalue weighted by Gasteiger charge is 2.22. The van der Waals surface area contributed by atoms with Crippen LogP contribution >= 0.6 is 0 Å². The molecule has 1 aromatic carbocycles. The molecular formula is C13H13N3O. The van der Waals surface area contributed by atoms with Crippen LogP contribution in [-0.2, 0) is 4.74 Å². The molecule has 1 aliphatic heterocycles. The van der Waals surface area contributed by atoms with Crippen molar-refractivity contribution < 1.29 is 4.74 Å². The maximum absolute atomic E-state index is 5.62. The first-order valence-corrected chi connectivity index (χ1v) is 5.61. The van der Waals surface area contributed by atoms with Crippen molar-refractivity contribution >= 4 is 5.90 Å². The third-order valence-corrected chi connectivity index (χ3v) is 2.81. The number of nitrogens with zero attached hydrogens (tertiary/aromatic N) is 3. The lowest BCUT2D eigenvalue weighted by molar-refractivity contribution is 0.276. The van der Waals surface area contributed by atoms with E-state index in [1.54, 1.807) is 6.20 Å². The van der Waals surface area contributed by atoms with Crippen LogP contribution in [0.2, 0.25) is 0 Å². The van der Waals surface area contributed by atoms with Gasteiger partial charge in [-0.25, -0.2) is 9.67 Å². The molecule has 0 aliphatic carbocycles. The van der Waals surface area contributed by atoms with E-state index in [0.717, 1.165) is 11.3 Å². The van der Waals surface area contributed by atoms with Crippen molar-refractivity contribution in [1.82, 2.24) is 9.78 Å². The van der Waals surface area contributed by atoms with E-state index in [-0.39, 0.29) is 6.17 Å². The summed E-state index contributed by atoms with van der Waals surface area (Å²) in [5, 5.41) is 4.26. The highest BCUT2D eigenvalue weighted by atomic mass is 16.5. The Balaban J connectivity index is 1.89. The summed E-state index contributed by atoms with van der Waals surface area (Å²) in [6.07, 6.45) is 1.74. The van der Waals surface area contributed by atoms with Gasteiger partial charge in [-0.2, -0.15) is 5.10 Å². The number of rotatable bonds is 2. The zero-order valence-corrected chi connectivity index (χ0v) is 9.58. The number of hydrogen-bond acceptors (Lipinski definition) is 3. The number of benzene rings is 1. The van der Waals surface area contributed by atoms with Crippen LogP contribution in [0.15, 0.2) is 47.6 Å². The van der Waals surface area contributed by atoms with Gasteiger partial charge >= 0.3 is 0 Å². The molecule has 0 fully saturated rings. The molecule has 1 aliphatic rings. The Bertz CT molecular complexity index is 545. The summed E-state index contributed by atoms with van der Waals surface area (Å²) in [7, 11) is 0. The summed E-state index contributed by atoms with van der Waals surface area (Å²) in [5.74, 6) is 0.700. The average molecular weight is 227 g/mol. The maximum Gasteiger partial charge on any atom is 0.218 e. The van der Waals surface area contributed by atoms with Crippen molar-refractivity contribution in [1.29, 1.82) is 0 Å². The smallest absolute Gasteiger partial charge is 0.218 e. The number of aliphatic imine (C=N–C) groups is 1. The number of hydrogen-bond donors (Lipinski definition) is 0. The van der Waals surface area contributed by atoms with E-state index in [4.69, 9.17) is 4.74 Å². The van der Waals surface area contributed by atoms with E-state index in [1.165, 1.54) is 0 Å². The van der Waals surface area contributed by atoms with Crippen LogP contribution in [0, 0.1) is 6.92 Å². The van der Waals surface area contributed by atoms with Crippen LogP contribution in [0.3, 0.4) is 0 Å². The van der Waals surface area contributed by atoms with E-state index in [0.29, 0.717) is 12.5 Å². The minimum Gasteiger partial charge on any atom is -0.473 e. The minimum atomic E-state index is -0.0415. The second-order valence-electron chi connectivity index (χ2n) is 4.01. The van der Waals surface area contributed by atoms with Gasteiger partial charge in [0.1, 0.15) is 6.61 Å². The second-order valence-corrected chi connectivity index (χ2v) is 4.01. The normalized spacial score (nSPS) is 18.9. The molecule has 1 unspecified atom stereocenters. The first-order chi connectivity index (χ1) is 8.34. The van der Waals surface area contributed by atoms with Crippen molar-refractivity contribution in [2.24, 2.45) is 4.99 Å². The molecule has 0 saturated heterocycles. The molecule has 0 radical (unpaired) electrons. The molecule has 0 amide bonds. The molecule has 0 N–H and O–H groups in total. The highest BCUT2D eigenvalue weighted by Crippen LogP contribution is 2.20. The maximum atomic E-state index is 5.62. The summed E-state index contributed by atoms with van der Waals surface area (Å²) in [6, 6.07) is 11.9. The third kappa shape index (κ3) is 1.82. The molecule has 86 valence electrons. The van der Waals surface area contributed by atoms with Gasteiger partial charge in [-0.3, -0.25) is 0 Å². The SMILES string of the molecule is Cc1ccnn1C1COC(c2ccccc2)=N1. The van der Waals surface area contributed by atoms with Crippen LogP contribution in [0.5, 0.6) is 0 Å². The van der Waals surface area contributed by atoms with E-state index in [9.17, 15) is 0 Å². The molecule has 1 aromatic heterocycles. The summed E-state index contributed by atoms with van der Waals surface area (Å²) < 4.78 is 7.50. The van der Waals surface area contributed by atoms with Gasteiger partial charge in [0.05, 0.1) is 0 Å². The number of aromatic nitrogens is 2. The molecule has 1 atom stereocenters. The minimum absolute atomic E-state index is 0.0415. The monoisotopic (exact) mass is 227 g/mol. The van der Waals surface area contributed by atoms with Crippen molar-refractivity contribution in [3.8, 4) is 0 Å². The second kappa shape index (κ2) is 4.05. The molecule has 2 aromatic rings. The van der Waals surface area contributed by atoms with Crippen LogP contribution in [0.25, 0.3) is 0 Å². The van der Waals surface area contributed by atoms with Gasteiger partial charge in [0.25, 0.3) is 0 Å². The van der Waals surface area contributed by atoms with Crippen molar-refractivity contribution in [3.63, 3.8) is 0 Å². The molecule has 2 heterocycles. The van der Waals surface area contributed by atoms with Crippen molar-refractivity contribution in [2.45, 2.75) is 13.1 Å². The fraction of sp³-hybridized carbons (Fsp3) is 0.231. The molecule has 4 nitrogen and oxygen atoms in total. The number of ether oxygens (including phenoxy) is 1. The van der Waals surface area contributed by atoms with E-state index < -0.39 is 0 Å². The lowest BCUT2D eigenvalue weighted by Gasteiger charge is -2.06. The molecule has 4 heteroatoms. The zero-order valence-electron chi connectivity index (χ0n) is 9.58. The zero-order chi connectivity index (χ0) is 11.7. The lowest BCUT2D eigenvalue weighted by atomic mass is 10.2. The Hall–Kier alpha value is -2.10. The molecule has 17 heavy (non-hydrogen) atoms. The van der Waals surface area contributed by atoms with Crippen LogP contribution in [0.1, 0.15) is 17.4 Å². The summed E-state index contributed by atoms with van der Waals surface area (Å²) in [4.78, 5) is 4.56. The Labute approximate surface area is 99.6 Å². The highest BCUT2D eigenvalue weighted by molar-refractivity contribution is 5.94. The molecule has 0 bridgehead atoms. The van der Waals surface area contributed by atoms with Crippen LogP contribution in [0.4, 0.5) is 0 Å².